The fraction of sp³-hybridized carbons (Fsp3) is 0.148. The number of carbonyl (C=O) groups excluding carboxylic acids is 1. The number of rotatable bonds is 7. The molecule has 1 amide bonds. The number of hydrogen-bond acceptors (Lipinski definition) is 6. The molecule has 0 bridgehead atoms. The number of fused-ring (bicyclic) bond motifs is 1. The molecular weight excluding hydrogens is 532 g/mol. The van der Waals surface area contributed by atoms with Crippen LogP contribution in [0, 0.1) is 5.82 Å². The summed E-state index contributed by atoms with van der Waals surface area (Å²) in [6.45, 7) is 1.71. The Kier molecular flexibility index (Phi) is 7.22. The molecule has 0 radical (unpaired) electrons. The van der Waals surface area contributed by atoms with Crippen molar-refractivity contribution in [1.82, 2.24) is 14.8 Å². The molecule has 5 rings (SSSR count). The van der Waals surface area contributed by atoms with E-state index in [9.17, 15) is 9.18 Å². The summed E-state index contributed by atoms with van der Waals surface area (Å²) in [4.78, 5) is 17.8. The van der Waals surface area contributed by atoms with Gasteiger partial charge in [-0.05, 0) is 61.0 Å². The van der Waals surface area contributed by atoms with E-state index in [2.05, 4.69) is 20.7 Å². The molecule has 0 aliphatic carbocycles. The number of methoxy groups -OCH3 is 1. The van der Waals surface area contributed by atoms with Gasteiger partial charge >= 0.3 is 0 Å². The van der Waals surface area contributed by atoms with E-state index < -0.39 is 11.9 Å². The summed E-state index contributed by atoms with van der Waals surface area (Å²) in [6, 6.07) is 15.9. The summed E-state index contributed by atoms with van der Waals surface area (Å²) in [5, 5.41) is 11.2. The molecule has 0 saturated heterocycles. The van der Waals surface area contributed by atoms with Gasteiger partial charge in [-0.15, -0.1) is 0 Å². The molecule has 3 aromatic carbocycles. The Morgan fingerprint density at radius 1 is 1.13 bits per heavy atom. The smallest absolute Gasteiger partial charge is 0.255 e. The van der Waals surface area contributed by atoms with Gasteiger partial charge in [0.1, 0.15) is 24.8 Å². The highest BCUT2D eigenvalue weighted by molar-refractivity contribution is 6.31. The third-order valence-corrected chi connectivity index (χ3v) is 6.68. The molecule has 2 heterocycles. The number of benzene rings is 3. The van der Waals surface area contributed by atoms with E-state index in [0.29, 0.717) is 45.0 Å². The van der Waals surface area contributed by atoms with Crippen molar-refractivity contribution in [2.24, 2.45) is 0 Å². The number of anilines is 2. The van der Waals surface area contributed by atoms with Gasteiger partial charge in [-0.2, -0.15) is 10.1 Å². The molecule has 1 atom stereocenters. The van der Waals surface area contributed by atoms with Crippen LogP contribution in [0.5, 0.6) is 11.5 Å². The number of nitrogens with zero attached hydrogens (tertiary/aromatic N) is 3. The van der Waals surface area contributed by atoms with Crippen molar-refractivity contribution < 1.29 is 18.7 Å². The van der Waals surface area contributed by atoms with E-state index in [1.165, 1.54) is 25.6 Å². The number of allylic oxidation sites excluding steroid dienone is 1. The van der Waals surface area contributed by atoms with Crippen LogP contribution in [0.3, 0.4) is 0 Å². The summed E-state index contributed by atoms with van der Waals surface area (Å²) >= 11 is 12.1. The fourth-order valence-electron chi connectivity index (χ4n) is 4.22. The van der Waals surface area contributed by atoms with E-state index in [1.807, 2.05) is 0 Å². The lowest BCUT2D eigenvalue weighted by Crippen LogP contribution is -2.31. The first-order valence-electron chi connectivity index (χ1n) is 11.5. The van der Waals surface area contributed by atoms with Crippen molar-refractivity contribution in [3.63, 3.8) is 0 Å². The molecule has 4 aromatic rings. The summed E-state index contributed by atoms with van der Waals surface area (Å²) < 4.78 is 27.3. The lowest BCUT2D eigenvalue weighted by atomic mass is 9.94. The molecule has 11 heteroatoms. The van der Waals surface area contributed by atoms with Crippen LogP contribution in [0.15, 0.2) is 78.3 Å². The largest absolute Gasteiger partial charge is 0.493 e. The highest BCUT2D eigenvalue weighted by Gasteiger charge is 2.34. The van der Waals surface area contributed by atoms with Gasteiger partial charge in [0.05, 0.1) is 17.7 Å². The number of carbonyl (C=O) groups is 1. The van der Waals surface area contributed by atoms with E-state index in [-0.39, 0.29) is 23.1 Å². The number of aromatic nitrogens is 3. The molecule has 0 saturated carbocycles. The topological polar surface area (TPSA) is 90.3 Å². The molecular formula is C27H22Cl2FN5O3. The molecule has 38 heavy (non-hydrogen) atoms. The second-order valence-electron chi connectivity index (χ2n) is 8.45. The van der Waals surface area contributed by atoms with Crippen molar-refractivity contribution in [2.75, 3.05) is 17.7 Å². The minimum absolute atomic E-state index is 0.0878. The molecule has 194 valence electrons. The second-order valence-corrected chi connectivity index (χ2v) is 9.30. The van der Waals surface area contributed by atoms with E-state index in [1.54, 1.807) is 60.1 Å². The zero-order valence-electron chi connectivity index (χ0n) is 20.3. The summed E-state index contributed by atoms with van der Waals surface area (Å²) in [5.74, 6) is 0.487. The minimum Gasteiger partial charge on any atom is -0.493 e. The highest BCUT2D eigenvalue weighted by Crippen LogP contribution is 2.39. The summed E-state index contributed by atoms with van der Waals surface area (Å²) in [5.41, 5.74) is 2.59. The van der Waals surface area contributed by atoms with Crippen molar-refractivity contribution in [2.45, 2.75) is 19.6 Å². The molecule has 2 N–H and O–H groups in total. The van der Waals surface area contributed by atoms with Crippen molar-refractivity contribution in [1.29, 1.82) is 0 Å². The van der Waals surface area contributed by atoms with Crippen molar-refractivity contribution >= 4 is 40.7 Å². The number of halogens is 3. The minimum atomic E-state index is -0.620. The normalized spacial score (nSPS) is 14.5. The van der Waals surface area contributed by atoms with Crippen LogP contribution in [-0.4, -0.2) is 27.8 Å². The Balaban J connectivity index is 1.48. The maximum absolute atomic E-state index is 14.2. The van der Waals surface area contributed by atoms with Crippen LogP contribution in [0.25, 0.3) is 0 Å². The van der Waals surface area contributed by atoms with Crippen molar-refractivity contribution in [3.05, 3.63) is 105 Å². The van der Waals surface area contributed by atoms with Gasteiger partial charge in [-0.1, -0.05) is 35.3 Å². The Bertz CT molecular complexity index is 1520. The Morgan fingerprint density at radius 3 is 2.66 bits per heavy atom. The quantitative estimate of drug-likeness (QED) is 0.281. The lowest BCUT2D eigenvalue weighted by Gasteiger charge is -2.29. The predicted octanol–water partition coefficient (Wildman–Crippen LogP) is 6.24. The molecule has 1 aromatic heterocycles. The first-order chi connectivity index (χ1) is 18.4. The number of ether oxygens (including phenoxy) is 2. The van der Waals surface area contributed by atoms with Crippen LogP contribution in [0.4, 0.5) is 16.0 Å². The molecule has 0 fully saturated rings. The van der Waals surface area contributed by atoms with Gasteiger partial charge in [0.25, 0.3) is 5.91 Å². The first-order valence-corrected chi connectivity index (χ1v) is 12.3. The maximum Gasteiger partial charge on any atom is 0.255 e. The van der Waals surface area contributed by atoms with Gasteiger partial charge in [0.15, 0.2) is 11.5 Å². The second kappa shape index (κ2) is 10.7. The van der Waals surface area contributed by atoms with Gasteiger partial charge in [-0.25, -0.2) is 9.07 Å². The monoisotopic (exact) mass is 553 g/mol. The zero-order valence-corrected chi connectivity index (χ0v) is 21.8. The summed E-state index contributed by atoms with van der Waals surface area (Å²) in [7, 11) is 1.50. The highest BCUT2D eigenvalue weighted by atomic mass is 35.5. The van der Waals surface area contributed by atoms with Crippen molar-refractivity contribution in [3.8, 4) is 11.5 Å². The molecule has 0 unspecified atom stereocenters. The van der Waals surface area contributed by atoms with Gasteiger partial charge in [0.2, 0.25) is 5.95 Å². The third kappa shape index (κ3) is 5.03. The standard InChI is InChI=1S/C27H22Cl2FN5O3/c1-15-24(26(36)34-18-9-7-17(28)8-10-18)25(35-27(33-15)31-14-32-35)16-6-11-22(23(12-16)37-2)38-13-19-20(29)4-3-5-21(19)30/h3-12,14,25H,13H2,1-2H3,(H,34,36)(H,31,32,33)/t25-/m0/s1. The Labute approximate surface area is 228 Å². The van der Waals surface area contributed by atoms with Crippen LogP contribution >= 0.6 is 23.2 Å². The van der Waals surface area contributed by atoms with E-state index in [0.717, 1.165) is 0 Å². The van der Waals surface area contributed by atoms with Crippen LogP contribution in [-0.2, 0) is 11.4 Å². The Morgan fingerprint density at radius 2 is 1.92 bits per heavy atom. The van der Waals surface area contributed by atoms with Gasteiger partial charge in [-0.3, -0.25) is 4.79 Å². The first kappa shape index (κ1) is 25.6. The Hall–Kier alpha value is -4.08. The SMILES string of the molecule is COc1cc([C@H]2C(C(=O)Nc3ccc(Cl)cc3)=C(C)Nc3ncnn32)ccc1OCc1c(F)cccc1Cl. The number of nitrogens with one attached hydrogen (secondary N) is 2. The number of hydrogen-bond donors (Lipinski definition) is 2. The average Bonchev–Trinajstić information content (AvgIpc) is 3.37. The van der Waals surface area contributed by atoms with E-state index >= 15 is 0 Å². The van der Waals surface area contributed by atoms with Gasteiger partial charge in [0, 0.05) is 22.0 Å². The third-order valence-electron chi connectivity index (χ3n) is 6.08. The zero-order chi connectivity index (χ0) is 26.8. The van der Waals surface area contributed by atoms with Crippen LogP contribution < -0.4 is 20.1 Å². The molecule has 8 nitrogen and oxygen atoms in total. The van der Waals surface area contributed by atoms with E-state index in [4.69, 9.17) is 32.7 Å². The molecule has 0 spiro atoms. The lowest BCUT2D eigenvalue weighted by molar-refractivity contribution is -0.113. The fourth-order valence-corrected chi connectivity index (χ4v) is 4.56. The number of amides is 1. The van der Waals surface area contributed by atoms with Gasteiger partial charge < -0.3 is 20.1 Å². The summed E-state index contributed by atoms with van der Waals surface area (Å²) in [6.07, 6.45) is 1.41. The maximum atomic E-state index is 14.2. The molecule has 1 aliphatic heterocycles. The predicted molar refractivity (Wildman–Crippen MR) is 143 cm³/mol. The average molecular weight is 554 g/mol. The molecule has 1 aliphatic rings. The van der Waals surface area contributed by atoms with Crippen LogP contribution in [0.1, 0.15) is 24.1 Å². The van der Waals surface area contributed by atoms with Crippen LogP contribution in [0.2, 0.25) is 10.0 Å².